The first-order valence-electron chi connectivity index (χ1n) is 8.70. The number of hydrogen-bond acceptors (Lipinski definition) is 2. The molecule has 3 rings (SSSR count). The van der Waals surface area contributed by atoms with Crippen molar-refractivity contribution in [3.63, 3.8) is 0 Å². The Balaban J connectivity index is 2.17. The van der Waals surface area contributed by atoms with Gasteiger partial charge in [0, 0.05) is 5.56 Å². The summed E-state index contributed by atoms with van der Waals surface area (Å²) >= 11 is 0. The fraction of sp³-hybridized carbons (Fsp3) is 0.429. The average Bonchev–Trinajstić information content (AvgIpc) is 2.51. The normalized spacial score (nSPS) is 14.7. The van der Waals surface area contributed by atoms with Crippen molar-refractivity contribution in [3.05, 3.63) is 46.8 Å². The molecule has 0 saturated heterocycles. The molecule has 24 heavy (non-hydrogen) atoms. The molecule has 2 aromatic carbocycles. The van der Waals surface area contributed by atoms with Gasteiger partial charge in [0.2, 0.25) is 0 Å². The van der Waals surface area contributed by atoms with Crippen LogP contribution in [0, 0.1) is 12.7 Å². The zero-order valence-electron chi connectivity index (χ0n) is 14.9. The molecule has 0 bridgehead atoms. The number of fused-ring (bicyclic) bond motifs is 3. The summed E-state index contributed by atoms with van der Waals surface area (Å²) < 4.78 is 21.1. The van der Waals surface area contributed by atoms with E-state index in [1.165, 1.54) is 0 Å². The maximum absolute atomic E-state index is 15.1. The Bertz CT molecular complexity index is 778. The van der Waals surface area contributed by atoms with E-state index in [0.29, 0.717) is 17.5 Å². The number of rotatable bonds is 4. The Morgan fingerprint density at radius 1 is 1.17 bits per heavy atom. The van der Waals surface area contributed by atoms with E-state index in [-0.39, 0.29) is 17.3 Å². The number of phenols is 1. The highest BCUT2D eigenvalue weighted by Gasteiger charge is 2.36. The van der Waals surface area contributed by atoms with Gasteiger partial charge < -0.3 is 9.84 Å². The highest BCUT2D eigenvalue weighted by molar-refractivity contribution is 5.82. The lowest BCUT2D eigenvalue weighted by atomic mass is 9.84. The van der Waals surface area contributed by atoms with Gasteiger partial charge in [-0.15, -0.1) is 0 Å². The summed E-state index contributed by atoms with van der Waals surface area (Å²) in [5, 5.41) is 10.6. The molecule has 0 unspecified atom stereocenters. The first kappa shape index (κ1) is 16.8. The SMILES string of the molecule is CCCCCc1cc(O)c2c(c1F)OC(C)(C)c1ccc(C)cc1-2. The van der Waals surface area contributed by atoms with Gasteiger partial charge in [0.25, 0.3) is 0 Å². The Kier molecular flexibility index (Phi) is 4.29. The molecule has 2 aromatic rings. The topological polar surface area (TPSA) is 29.5 Å². The molecule has 1 heterocycles. The molecule has 1 aliphatic heterocycles. The predicted molar refractivity (Wildman–Crippen MR) is 95.1 cm³/mol. The van der Waals surface area contributed by atoms with Gasteiger partial charge in [-0.05, 0) is 50.8 Å². The number of unbranched alkanes of at least 4 members (excludes halogenated alkanes) is 2. The van der Waals surface area contributed by atoms with Crippen molar-refractivity contribution in [2.24, 2.45) is 0 Å². The number of aromatic hydroxyl groups is 1. The van der Waals surface area contributed by atoms with Gasteiger partial charge in [0.05, 0.1) is 5.56 Å². The van der Waals surface area contributed by atoms with Crippen molar-refractivity contribution in [2.45, 2.75) is 59.0 Å². The molecule has 0 radical (unpaired) electrons. The van der Waals surface area contributed by atoms with Crippen LogP contribution in [0.5, 0.6) is 11.5 Å². The number of aryl methyl sites for hydroxylation is 2. The third-order valence-electron chi connectivity index (χ3n) is 4.78. The van der Waals surface area contributed by atoms with Crippen molar-refractivity contribution < 1.29 is 14.2 Å². The summed E-state index contributed by atoms with van der Waals surface area (Å²) in [6.45, 7) is 7.98. The van der Waals surface area contributed by atoms with Crippen LogP contribution in [0.2, 0.25) is 0 Å². The lowest BCUT2D eigenvalue weighted by Crippen LogP contribution is -2.30. The molecule has 0 amide bonds. The second-order valence-corrected chi connectivity index (χ2v) is 7.19. The predicted octanol–water partition coefficient (Wildman–Crippen LogP) is 5.87. The molecule has 2 nitrogen and oxygen atoms in total. The van der Waals surface area contributed by atoms with Crippen molar-refractivity contribution in [1.82, 2.24) is 0 Å². The van der Waals surface area contributed by atoms with Crippen LogP contribution in [-0.4, -0.2) is 5.11 Å². The molecule has 1 aliphatic rings. The van der Waals surface area contributed by atoms with Crippen molar-refractivity contribution in [2.75, 3.05) is 0 Å². The highest BCUT2D eigenvalue weighted by Crippen LogP contribution is 2.51. The van der Waals surface area contributed by atoms with E-state index in [9.17, 15) is 5.11 Å². The third kappa shape index (κ3) is 2.77. The van der Waals surface area contributed by atoms with E-state index in [0.717, 1.165) is 36.0 Å². The fourth-order valence-corrected chi connectivity index (χ4v) is 3.48. The second kappa shape index (κ2) is 6.12. The third-order valence-corrected chi connectivity index (χ3v) is 4.78. The first-order chi connectivity index (χ1) is 11.3. The maximum Gasteiger partial charge on any atom is 0.169 e. The Morgan fingerprint density at radius 2 is 1.92 bits per heavy atom. The van der Waals surface area contributed by atoms with Crippen LogP contribution in [0.25, 0.3) is 11.1 Å². The van der Waals surface area contributed by atoms with Gasteiger partial charge in [-0.2, -0.15) is 0 Å². The molecular formula is C21H25FO2. The first-order valence-corrected chi connectivity index (χ1v) is 8.70. The van der Waals surface area contributed by atoms with Crippen LogP contribution in [0.3, 0.4) is 0 Å². The van der Waals surface area contributed by atoms with Gasteiger partial charge in [0.1, 0.15) is 11.4 Å². The van der Waals surface area contributed by atoms with E-state index < -0.39 is 5.60 Å². The Labute approximate surface area is 143 Å². The molecule has 0 fully saturated rings. The lowest BCUT2D eigenvalue weighted by molar-refractivity contribution is 0.0987. The fourth-order valence-electron chi connectivity index (χ4n) is 3.48. The molecule has 0 saturated carbocycles. The van der Waals surface area contributed by atoms with Crippen molar-refractivity contribution in [3.8, 4) is 22.6 Å². The second-order valence-electron chi connectivity index (χ2n) is 7.19. The number of ether oxygens (including phenoxy) is 1. The van der Waals surface area contributed by atoms with Crippen LogP contribution in [0.4, 0.5) is 4.39 Å². The summed E-state index contributed by atoms with van der Waals surface area (Å²) in [6, 6.07) is 7.58. The minimum Gasteiger partial charge on any atom is -0.507 e. The summed E-state index contributed by atoms with van der Waals surface area (Å²) in [4.78, 5) is 0. The van der Waals surface area contributed by atoms with E-state index in [4.69, 9.17) is 4.74 Å². The standard InChI is InChI=1S/C21H25FO2/c1-5-6-7-8-14-12-17(23)18-15-11-13(2)9-10-16(15)21(3,4)24-20(18)19(14)22/h9-12,23H,5-8H2,1-4H3. The highest BCUT2D eigenvalue weighted by atomic mass is 19.1. The van der Waals surface area contributed by atoms with Crippen LogP contribution in [0.15, 0.2) is 24.3 Å². The van der Waals surface area contributed by atoms with Gasteiger partial charge in [-0.3, -0.25) is 0 Å². The monoisotopic (exact) mass is 328 g/mol. The molecule has 0 atom stereocenters. The van der Waals surface area contributed by atoms with Crippen molar-refractivity contribution in [1.29, 1.82) is 0 Å². The molecule has 0 aromatic heterocycles. The van der Waals surface area contributed by atoms with E-state index in [1.807, 2.05) is 39.0 Å². The molecule has 3 heteroatoms. The van der Waals surface area contributed by atoms with E-state index in [1.54, 1.807) is 6.07 Å². The van der Waals surface area contributed by atoms with E-state index >= 15 is 4.39 Å². The smallest absolute Gasteiger partial charge is 0.169 e. The van der Waals surface area contributed by atoms with Gasteiger partial charge in [-0.1, -0.05) is 43.5 Å². The lowest BCUT2D eigenvalue weighted by Gasteiger charge is -2.36. The number of phenolic OH excluding ortho intramolecular Hbond substituents is 1. The molecule has 0 aliphatic carbocycles. The van der Waals surface area contributed by atoms with Crippen LogP contribution < -0.4 is 4.74 Å². The minimum atomic E-state index is -0.634. The largest absolute Gasteiger partial charge is 0.507 e. The summed E-state index contributed by atoms with van der Waals surface area (Å²) in [7, 11) is 0. The average molecular weight is 328 g/mol. The van der Waals surface area contributed by atoms with E-state index in [2.05, 4.69) is 6.92 Å². The molecule has 1 N–H and O–H groups in total. The van der Waals surface area contributed by atoms with Gasteiger partial charge in [0.15, 0.2) is 11.6 Å². The van der Waals surface area contributed by atoms with Gasteiger partial charge in [-0.25, -0.2) is 4.39 Å². The maximum atomic E-state index is 15.1. The molecule has 128 valence electrons. The van der Waals surface area contributed by atoms with Crippen molar-refractivity contribution >= 4 is 0 Å². The Morgan fingerprint density at radius 3 is 2.62 bits per heavy atom. The minimum absolute atomic E-state index is 0.0975. The summed E-state index contributed by atoms with van der Waals surface area (Å²) in [6.07, 6.45) is 3.65. The summed E-state index contributed by atoms with van der Waals surface area (Å²) in [5.74, 6) is -0.0519. The van der Waals surface area contributed by atoms with Crippen LogP contribution >= 0.6 is 0 Å². The summed E-state index contributed by atoms with van der Waals surface area (Å²) in [5.41, 5.74) is 3.28. The van der Waals surface area contributed by atoms with Gasteiger partial charge >= 0.3 is 0 Å². The zero-order valence-corrected chi connectivity index (χ0v) is 14.9. The van der Waals surface area contributed by atoms with Crippen LogP contribution in [-0.2, 0) is 12.0 Å². The zero-order chi connectivity index (χ0) is 17.5. The molecular weight excluding hydrogens is 303 g/mol. The quantitative estimate of drug-likeness (QED) is 0.712. The molecule has 0 spiro atoms. The number of benzene rings is 2. The van der Waals surface area contributed by atoms with Crippen LogP contribution in [0.1, 0.15) is 56.7 Å². The number of halogens is 1. The Hall–Kier alpha value is -2.03. The number of hydrogen-bond donors (Lipinski definition) is 1.